The van der Waals surface area contributed by atoms with Crippen molar-refractivity contribution < 1.29 is 22.7 Å². The lowest BCUT2D eigenvalue weighted by Gasteiger charge is -2.53. The van der Waals surface area contributed by atoms with Crippen LogP contribution in [0.1, 0.15) is 95.1 Å². The van der Waals surface area contributed by atoms with Crippen LogP contribution < -0.4 is 14.4 Å². The number of nitrogens with zero attached hydrogens (tertiary/aromatic N) is 3. The third kappa shape index (κ3) is 8.77. The lowest BCUT2D eigenvalue weighted by atomic mass is 9.63. The third-order valence-corrected chi connectivity index (χ3v) is 14.8. The van der Waals surface area contributed by atoms with Gasteiger partial charge in [-0.3, -0.25) is 14.6 Å². The quantitative estimate of drug-likeness (QED) is 0.324. The maximum absolute atomic E-state index is 13.6. The summed E-state index contributed by atoms with van der Waals surface area (Å²) in [6, 6.07) is 12.6. The molecule has 3 heterocycles. The molecule has 0 spiro atoms. The Morgan fingerprint density at radius 1 is 1.00 bits per heavy atom. The van der Waals surface area contributed by atoms with Gasteiger partial charge in [0.05, 0.1) is 10.9 Å². The molecule has 0 aromatic heterocycles. The highest BCUT2D eigenvalue weighted by molar-refractivity contribution is 7.90. The second-order valence-corrected chi connectivity index (χ2v) is 19.1. The van der Waals surface area contributed by atoms with E-state index in [2.05, 4.69) is 59.3 Å². The summed E-state index contributed by atoms with van der Waals surface area (Å²) in [5.41, 5.74) is 2.86. The van der Waals surface area contributed by atoms with Crippen molar-refractivity contribution >= 4 is 33.2 Å². The number of carbonyl (C=O) groups is 1. The maximum Gasteiger partial charge on any atom is 0.264 e. The van der Waals surface area contributed by atoms with Crippen LogP contribution in [0, 0.1) is 17.8 Å². The monoisotopic (exact) mass is 768 g/mol. The average Bonchev–Trinajstić information content (AvgIpc) is 3.11. The number of rotatable bonds is 4. The summed E-state index contributed by atoms with van der Waals surface area (Å²) in [6.45, 7) is 17.5. The highest BCUT2D eigenvalue weighted by Gasteiger charge is 2.49. The van der Waals surface area contributed by atoms with E-state index in [-0.39, 0.29) is 11.8 Å². The van der Waals surface area contributed by atoms with Gasteiger partial charge in [0.15, 0.2) is 0 Å². The molecule has 4 aliphatic rings. The fourth-order valence-electron chi connectivity index (χ4n) is 9.57. The number of methoxy groups -OCH3 is 1. The minimum Gasteiger partial charge on any atom is -0.487 e. The number of hydrogen-bond acceptors (Lipinski definition) is 8. The van der Waals surface area contributed by atoms with Crippen LogP contribution in [0.15, 0.2) is 48.6 Å². The first-order chi connectivity index (χ1) is 25.2. The van der Waals surface area contributed by atoms with E-state index in [4.69, 9.17) is 21.1 Å². The molecule has 2 fully saturated rings. The van der Waals surface area contributed by atoms with E-state index in [1.807, 2.05) is 44.4 Å². The number of piperazine rings is 1. The molecule has 2 aromatic rings. The van der Waals surface area contributed by atoms with Gasteiger partial charge in [-0.1, -0.05) is 36.7 Å². The number of anilines is 1. The fourth-order valence-corrected chi connectivity index (χ4v) is 11.1. The number of benzene rings is 2. The number of allylic oxidation sites excluding steroid dienone is 1. The van der Waals surface area contributed by atoms with Crippen LogP contribution in [0.2, 0.25) is 5.02 Å². The predicted molar refractivity (Wildman–Crippen MR) is 214 cm³/mol. The standard InChI is InChI=1S/C42H61ClN4O5S/c1-28(2)47-30(4)23-45(24-31(47)5)27-42(51-7)19-10-11-29(3)32(6)53(49,50)44-41(48)34-15-18-40-39(22-34)46(25-35-14-17-38(35)42)20-9-8-12-33-21-37(43)16-13-36(33)26-52-40/h10,13,15-16,18-19,21-22,28-32,35,38H,8-9,11-12,14,17,20,23-27H2,1-7H3,(H,44,48)/b19-10+/t29-,30-,31+,32+,35-,38+,42-/m0/s1. The fraction of sp³-hybridized carbons (Fsp3) is 0.643. The Balaban J connectivity index is 1.39. The Kier molecular flexibility index (Phi) is 12.6. The molecular weight excluding hydrogens is 708 g/mol. The zero-order valence-corrected chi connectivity index (χ0v) is 34.4. The van der Waals surface area contributed by atoms with E-state index in [9.17, 15) is 13.2 Å². The van der Waals surface area contributed by atoms with Gasteiger partial charge in [0.25, 0.3) is 5.91 Å². The zero-order valence-electron chi connectivity index (χ0n) is 32.8. The van der Waals surface area contributed by atoms with Gasteiger partial charge >= 0.3 is 0 Å². The van der Waals surface area contributed by atoms with Crippen molar-refractivity contribution in [2.24, 2.45) is 17.8 Å². The van der Waals surface area contributed by atoms with E-state index < -0.39 is 26.8 Å². The van der Waals surface area contributed by atoms with Gasteiger partial charge in [0, 0.05) is 68.5 Å². The molecule has 3 aliphatic heterocycles. The summed E-state index contributed by atoms with van der Waals surface area (Å²) >= 11 is 6.41. The molecule has 1 amide bonds. The molecule has 292 valence electrons. The summed E-state index contributed by atoms with van der Waals surface area (Å²) in [4.78, 5) is 21.2. The number of aryl methyl sites for hydroxylation is 1. The molecular formula is C42H61ClN4O5S. The Morgan fingerprint density at radius 3 is 2.43 bits per heavy atom. The molecule has 11 heteroatoms. The number of fused-ring (bicyclic) bond motifs is 3. The molecule has 9 nitrogen and oxygen atoms in total. The van der Waals surface area contributed by atoms with Crippen molar-refractivity contribution in [3.63, 3.8) is 0 Å². The van der Waals surface area contributed by atoms with Crippen molar-refractivity contribution in [3.8, 4) is 5.75 Å². The van der Waals surface area contributed by atoms with E-state index in [0.29, 0.717) is 48.4 Å². The maximum atomic E-state index is 13.6. The van der Waals surface area contributed by atoms with Gasteiger partial charge in [0.2, 0.25) is 10.0 Å². The van der Waals surface area contributed by atoms with Gasteiger partial charge in [-0.15, -0.1) is 0 Å². The second kappa shape index (κ2) is 16.6. The van der Waals surface area contributed by atoms with E-state index in [1.165, 1.54) is 5.56 Å². The molecule has 1 saturated carbocycles. The van der Waals surface area contributed by atoms with Gasteiger partial charge in [0.1, 0.15) is 18.0 Å². The summed E-state index contributed by atoms with van der Waals surface area (Å²) in [5.74, 6) is 0.449. The van der Waals surface area contributed by atoms with Crippen LogP contribution in [-0.4, -0.2) is 92.9 Å². The highest BCUT2D eigenvalue weighted by Crippen LogP contribution is 2.47. The van der Waals surface area contributed by atoms with Gasteiger partial charge in [-0.05, 0) is 132 Å². The SMILES string of the molecule is CO[C@]1(CN2C[C@@H](C)N(C(C)C)[C@@H](C)C2)/C=C/C[C@H](C)[C@@H](C)S(=O)(=O)NC(=O)c2ccc3c(c2)N(CCCCc2cc(Cl)ccc2CO3)C[C@@H]2CC[C@H]21. The first-order valence-corrected chi connectivity index (χ1v) is 21.7. The van der Waals surface area contributed by atoms with Crippen LogP contribution in [-0.2, 0) is 27.8 Å². The second-order valence-electron chi connectivity index (χ2n) is 16.6. The molecule has 1 saturated heterocycles. The number of ether oxygens (including phenoxy) is 2. The number of halogens is 1. The smallest absolute Gasteiger partial charge is 0.264 e. The number of hydrogen-bond donors (Lipinski definition) is 1. The minimum atomic E-state index is -3.96. The highest BCUT2D eigenvalue weighted by atomic mass is 35.5. The van der Waals surface area contributed by atoms with Crippen LogP contribution in [0.25, 0.3) is 0 Å². The van der Waals surface area contributed by atoms with E-state index >= 15 is 0 Å². The average molecular weight is 769 g/mol. The summed E-state index contributed by atoms with van der Waals surface area (Å²) in [5, 5.41) is -0.0617. The molecule has 2 bridgehead atoms. The molecule has 0 radical (unpaired) electrons. The molecule has 53 heavy (non-hydrogen) atoms. The lowest BCUT2D eigenvalue weighted by Crippen LogP contribution is -2.63. The summed E-state index contributed by atoms with van der Waals surface area (Å²) in [7, 11) is -2.10. The Morgan fingerprint density at radius 2 is 1.75 bits per heavy atom. The Bertz CT molecular complexity index is 1740. The molecule has 1 N–H and O–H groups in total. The van der Waals surface area contributed by atoms with Crippen LogP contribution >= 0.6 is 11.6 Å². The topological polar surface area (TPSA) is 91.4 Å². The normalized spacial score (nSPS) is 32.3. The largest absolute Gasteiger partial charge is 0.487 e. The summed E-state index contributed by atoms with van der Waals surface area (Å²) < 4.78 is 42.9. The van der Waals surface area contributed by atoms with Gasteiger partial charge in [-0.25, -0.2) is 13.1 Å². The van der Waals surface area contributed by atoms with E-state index in [1.54, 1.807) is 13.0 Å². The van der Waals surface area contributed by atoms with Crippen molar-refractivity contribution in [3.05, 3.63) is 70.3 Å². The number of nitrogens with one attached hydrogen (secondary N) is 1. The number of carbonyl (C=O) groups excluding carboxylic acids is 1. The van der Waals surface area contributed by atoms with Crippen molar-refractivity contribution in [1.82, 2.24) is 14.5 Å². The third-order valence-electron chi connectivity index (χ3n) is 12.7. The number of sulfonamides is 1. The molecule has 0 unspecified atom stereocenters. The molecule has 7 atom stereocenters. The number of amides is 1. The lowest BCUT2D eigenvalue weighted by molar-refractivity contribution is -0.104. The predicted octanol–water partition coefficient (Wildman–Crippen LogP) is 7.32. The van der Waals surface area contributed by atoms with Gasteiger partial charge < -0.3 is 14.4 Å². The van der Waals surface area contributed by atoms with Crippen LogP contribution in [0.3, 0.4) is 0 Å². The van der Waals surface area contributed by atoms with Crippen molar-refractivity contribution in [1.29, 1.82) is 0 Å². The Labute approximate surface area is 323 Å². The van der Waals surface area contributed by atoms with Crippen LogP contribution in [0.4, 0.5) is 5.69 Å². The summed E-state index contributed by atoms with van der Waals surface area (Å²) in [6.07, 6.45) is 9.92. The zero-order chi connectivity index (χ0) is 38.1. The van der Waals surface area contributed by atoms with E-state index in [0.717, 1.165) is 81.1 Å². The Hall–Kier alpha value is -2.63. The molecule has 2 aromatic carbocycles. The molecule has 1 aliphatic carbocycles. The van der Waals surface area contributed by atoms with Crippen molar-refractivity contribution in [2.45, 2.75) is 116 Å². The van der Waals surface area contributed by atoms with Crippen molar-refractivity contribution in [2.75, 3.05) is 44.7 Å². The molecule has 6 rings (SSSR count). The first kappa shape index (κ1) is 40.0. The van der Waals surface area contributed by atoms with Gasteiger partial charge in [-0.2, -0.15) is 0 Å². The minimum absolute atomic E-state index is 0.222. The first-order valence-electron chi connectivity index (χ1n) is 19.8. The van der Waals surface area contributed by atoms with Crippen LogP contribution in [0.5, 0.6) is 5.75 Å².